The second kappa shape index (κ2) is 4.77. The fourth-order valence-corrected chi connectivity index (χ4v) is 2.18. The standard InChI is InChI=1S/C15H18N2O/c1-5-17-14(9-12(4)16-17)15(18)13-7-6-10(2)8-11(13)3/h6-9H,5H2,1-4H3. The van der Waals surface area contributed by atoms with E-state index in [1.807, 2.05) is 52.0 Å². The molecule has 0 amide bonds. The van der Waals surface area contributed by atoms with Gasteiger partial charge < -0.3 is 0 Å². The van der Waals surface area contributed by atoms with Gasteiger partial charge in [0.2, 0.25) is 5.78 Å². The summed E-state index contributed by atoms with van der Waals surface area (Å²) in [4.78, 5) is 12.5. The number of hydrogen-bond acceptors (Lipinski definition) is 2. The zero-order valence-electron chi connectivity index (χ0n) is 11.3. The number of carbonyl (C=O) groups excluding carboxylic acids is 1. The zero-order chi connectivity index (χ0) is 13.3. The van der Waals surface area contributed by atoms with Gasteiger partial charge in [0.15, 0.2) is 0 Å². The van der Waals surface area contributed by atoms with Gasteiger partial charge in [0.05, 0.1) is 5.69 Å². The molecule has 1 aromatic carbocycles. The van der Waals surface area contributed by atoms with Gasteiger partial charge in [-0.3, -0.25) is 9.48 Å². The molecule has 0 fully saturated rings. The number of aryl methyl sites for hydroxylation is 4. The van der Waals surface area contributed by atoms with Crippen LogP contribution in [-0.2, 0) is 6.54 Å². The normalized spacial score (nSPS) is 10.7. The van der Waals surface area contributed by atoms with Gasteiger partial charge in [-0.1, -0.05) is 23.8 Å². The molecule has 94 valence electrons. The topological polar surface area (TPSA) is 34.9 Å². The minimum atomic E-state index is 0.0509. The molecule has 0 bridgehead atoms. The Morgan fingerprint density at radius 2 is 1.94 bits per heavy atom. The molecule has 0 saturated carbocycles. The first-order valence-corrected chi connectivity index (χ1v) is 6.19. The smallest absolute Gasteiger partial charge is 0.211 e. The van der Waals surface area contributed by atoms with Gasteiger partial charge in [-0.25, -0.2) is 0 Å². The molecule has 2 rings (SSSR count). The quantitative estimate of drug-likeness (QED) is 0.775. The van der Waals surface area contributed by atoms with Crippen molar-refractivity contribution in [2.45, 2.75) is 34.2 Å². The fraction of sp³-hybridized carbons (Fsp3) is 0.333. The molecule has 0 radical (unpaired) electrons. The van der Waals surface area contributed by atoms with Gasteiger partial charge >= 0.3 is 0 Å². The van der Waals surface area contributed by atoms with E-state index in [-0.39, 0.29) is 5.78 Å². The number of rotatable bonds is 3. The van der Waals surface area contributed by atoms with Crippen molar-refractivity contribution in [1.29, 1.82) is 0 Å². The predicted molar refractivity (Wildman–Crippen MR) is 72.0 cm³/mol. The van der Waals surface area contributed by atoms with Crippen LogP contribution in [0.1, 0.15) is 39.8 Å². The third-order valence-corrected chi connectivity index (χ3v) is 3.06. The van der Waals surface area contributed by atoms with Crippen molar-refractivity contribution in [2.24, 2.45) is 0 Å². The maximum atomic E-state index is 12.5. The summed E-state index contributed by atoms with van der Waals surface area (Å²) in [5.74, 6) is 0.0509. The minimum Gasteiger partial charge on any atom is -0.287 e. The van der Waals surface area contributed by atoms with Crippen LogP contribution >= 0.6 is 0 Å². The Bertz CT molecular complexity index is 597. The molecule has 0 aliphatic rings. The molecule has 3 heteroatoms. The molecule has 1 heterocycles. The Hall–Kier alpha value is -1.90. The molecule has 3 nitrogen and oxygen atoms in total. The summed E-state index contributed by atoms with van der Waals surface area (Å²) in [5, 5.41) is 4.32. The molecule has 0 saturated heterocycles. The lowest BCUT2D eigenvalue weighted by Crippen LogP contribution is -2.11. The van der Waals surface area contributed by atoms with Gasteiger partial charge in [-0.05, 0) is 39.3 Å². The summed E-state index contributed by atoms with van der Waals surface area (Å²) < 4.78 is 1.76. The van der Waals surface area contributed by atoms with E-state index < -0.39 is 0 Å². The monoisotopic (exact) mass is 242 g/mol. The molecule has 18 heavy (non-hydrogen) atoms. The number of benzene rings is 1. The van der Waals surface area contributed by atoms with Crippen LogP contribution in [0.3, 0.4) is 0 Å². The van der Waals surface area contributed by atoms with Crippen LogP contribution in [0.5, 0.6) is 0 Å². The Labute approximate surface area is 107 Å². The van der Waals surface area contributed by atoms with Crippen molar-refractivity contribution in [1.82, 2.24) is 9.78 Å². The van der Waals surface area contributed by atoms with E-state index in [4.69, 9.17) is 0 Å². The highest BCUT2D eigenvalue weighted by Crippen LogP contribution is 2.16. The van der Waals surface area contributed by atoms with Crippen LogP contribution < -0.4 is 0 Å². The van der Waals surface area contributed by atoms with Crippen LogP contribution in [-0.4, -0.2) is 15.6 Å². The zero-order valence-corrected chi connectivity index (χ0v) is 11.3. The van der Waals surface area contributed by atoms with E-state index in [1.54, 1.807) is 4.68 Å². The molecule has 0 atom stereocenters. The van der Waals surface area contributed by atoms with E-state index in [9.17, 15) is 4.79 Å². The van der Waals surface area contributed by atoms with Crippen molar-refractivity contribution in [3.05, 3.63) is 52.3 Å². The maximum absolute atomic E-state index is 12.5. The number of hydrogen-bond donors (Lipinski definition) is 0. The van der Waals surface area contributed by atoms with Crippen molar-refractivity contribution in [2.75, 3.05) is 0 Å². The average molecular weight is 242 g/mol. The molecular formula is C15H18N2O. The average Bonchev–Trinajstić information content (AvgIpc) is 2.69. The van der Waals surface area contributed by atoms with Crippen molar-refractivity contribution in [3.8, 4) is 0 Å². The third-order valence-electron chi connectivity index (χ3n) is 3.06. The summed E-state index contributed by atoms with van der Waals surface area (Å²) in [6.45, 7) is 8.61. The Morgan fingerprint density at radius 3 is 2.56 bits per heavy atom. The second-order valence-corrected chi connectivity index (χ2v) is 4.63. The van der Waals surface area contributed by atoms with Crippen LogP contribution in [0, 0.1) is 20.8 Å². The molecule has 2 aromatic rings. The number of ketones is 1. The van der Waals surface area contributed by atoms with E-state index >= 15 is 0 Å². The fourth-order valence-electron chi connectivity index (χ4n) is 2.18. The Balaban J connectivity index is 2.47. The second-order valence-electron chi connectivity index (χ2n) is 4.63. The highest BCUT2D eigenvalue weighted by Gasteiger charge is 2.16. The molecule has 0 spiro atoms. The van der Waals surface area contributed by atoms with E-state index in [0.717, 1.165) is 16.8 Å². The third kappa shape index (κ3) is 2.21. The van der Waals surface area contributed by atoms with Crippen LogP contribution in [0.25, 0.3) is 0 Å². The lowest BCUT2D eigenvalue weighted by molar-refractivity contribution is 0.102. The number of aromatic nitrogens is 2. The summed E-state index contributed by atoms with van der Waals surface area (Å²) >= 11 is 0. The van der Waals surface area contributed by atoms with Crippen molar-refractivity contribution >= 4 is 5.78 Å². The van der Waals surface area contributed by atoms with Gasteiger partial charge in [0, 0.05) is 12.1 Å². The van der Waals surface area contributed by atoms with Gasteiger partial charge in [0.1, 0.15) is 5.69 Å². The first kappa shape index (κ1) is 12.6. The van der Waals surface area contributed by atoms with E-state index in [2.05, 4.69) is 5.10 Å². The van der Waals surface area contributed by atoms with Crippen LogP contribution in [0.4, 0.5) is 0 Å². The van der Waals surface area contributed by atoms with Gasteiger partial charge in [0.25, 0.3) is 0 Å². The Morgan fingerprint density at radius 1 is 1.22 bits per heavy atom. The largest absolute Gasteiger partial charge is 0.287 e. The van der Waals surface area contributed by atoms with Gasteiger partial charge in [-0.2, -0.15) is 5.10 Å². The minimum absolute atomic E-state index is 0.0509. The lowest BCUT2D eigenvalue weighted by Gasteiger charge is -2.07. The molecular weight excluding hydrogens is 224 g/mol. The summed E-state index contributed by atoms with van der Waals surface area (Å²) in [5.41, 5.74) is 4.49. The molecule has 0 unspecified atom stereocenters. The SMILES string of the molecule is CCn1nc(C)cc1C(=O)c1ccc(C)cc1C. The summed E-state index contributed by atoms with van der Waals surface area (Å²) in [6.07, 6.45) is 0. The highest BCUT2D eigenvalue weighted by molar-refractivity contribution is 6.08. The first-order valence-electron chi connectivity index (χ1n) is 6.19. The van der Waals surface area contributed by atoms with E-state index in [1.165, 1.54) is 5.56 Å². The lowest BCUT2D eigenvalue weighted by atomic mass is 10.0. The summed E-state index contributed by atoms with van der Waals surface area (Å²) in [6, 6.07) is 7.76. The van der Waals surface area contributed by atoms with Gasteiger partial charge in [-0.15, -0.1) is 0 Å². The molecule has 0 aliphatic carbocycles. The molecule has 0 N–H and O–H groups in total. The van der Waals surface area contributed by atoms with Crippen molar-refractivity contribution < 1.29 is 4.79 Å². The molecule has 1 aromatic heterocycles. The summed E-state index contributed by atoms with van der Waals surface area (Å²) in [7, 11) is 0. The van der Waals surface area contributed by atoms with E-state index in [0.29, 0.717) is 12.2 Å². The highest BCUT2D eigenvalue weighted by atomic mass is 16.1. The van der Waals surface area contributed by atoms with Crippen LogP contribution in [0.15, 0.2) is 24.3 Å². The Kier molecular flexibility index (Phi) is 3.32. The predicted octanol–water partition coefficient (Wildman–Crippen LogP) is 3.06. The maximum Gasteiger partial charge on any atom is 0.211 e. The first-order chi connectivity index (χ1) is 8.52. The van der Waals surface area contributed by atoms with Crippen molar-refractivity contribution in [3.63, 3.8) is 0 Å². The van der Waals surface area contributed by atoms with Crippen LogP contribution in [0.2, 0.25) is 0 Å². The number of carbonyl (C=O) groups is 1. The number of nitrogens with zero attached hydrogens (tertiary/aromatic N) is 2. The molecule has 0 aliphatic heterocycles.